The Morgan fingerprint density at radius 1 is 0.463 bits per heavy atom. The Morgan fingerprint density at radius 3 is 1.81 bits per heavy atom. The van der Waals surface area contributed by atoms with Crippen LogP contribution >= 0.6 is 0 Å². The maximum Gasteiger partial charge on any atom is 0.0619 e. The summed E-state index contributed by atoms with van der Waals surface area (Å²) >= 11 is 0. The van der Waals surface area contributed by atoms with E-state index in [0.717, 1.165) is 23.9 Å². The lowest BCUT2D eigenvalue weighted by atomic mass is 9.90. The highest BCUT2D eigenvalue weighted by atomic mass is 15.0. The van der Waals surface area contributed by atoms with Crippen LogP contribution in [0.5, 0.6) is 0 Å². The van der Waals surface area contributed by atoms with Crippen molar-refractivity contribution in [3.05, 3.63) is 194 Å². The van der Waals surface area contributed by atoms with Crippen molar-refractivity contribution in [2.75, 3.05) is 0 Å². The highest BCUT2D eigenvalue weighted by molar-refractivity contribution is 6.14. The smallest absolute Gasteiger partial charge is 0.0619 e. The summed E-state index contributed by atoms with van der Waals surface area (Å²) in [6.07, 6.45) is 10.6. The molecule has 0 radical (unpaired) electrons. The first kappa shape index (κ1) is 30.6. The Bertz CT molecular complexity index is 3080. The number of aromatic nitrogens is 3. The molecular weight excluding hydrogens is 655 g/mol. The molecule has 0 amide bonds. The van der Waals surface area contributed by atoms with Crippen molar-refractivity contribution in [1.82, 2.24) is 14.1 Å². The van der Waals surface area contributed by atoms with Crippen molar-refractivity contribution in [2.24, 2.45) is 0 Å². The van der Waals surface area contributed by atoms with Crippen LogP contribution in [0.4, 0.5) is 0 Å². The number of rotatable bonds is 5. The molecule has 1 aliphatic rings. The maximum atomic E-state index is 4.58. The third kappa shape index (κ3) is 4.72. The van der Waals surface area contributed by atoms with Gasteiger partial charge in [0.1, 0.15) is 0 Å². The third-order valence-corrected chi connectivity index (χ3v) is 11.2. The highest BCUT2D eigenvalue weighted by Crippen LogP contribution is 2.44. The molecule has 3 nitrogen and oxygen atoms in total. The molecule has 10 aromatic rings. The minimum absolute atomic E-state index is 1.01. The van der Waals surface area contributed by atoms with E-state index in [4.69, 9.17) is 0 Å². The Labute approximate surface area is 313 Å². The summed E-state index contributed by atoms with van der Waals surface area (Å²) < 4.78 is 4.96. The number of pyridine rings is 1. The molecule has 0 N–H and O–H groups in total. The Balaban J connectivity index is 1.26. The fraction of sp³-hybridized carbons (Fsp3) is 0.0392. The molecule has 0 saturated carbocycles. The van der Waals surface area contributed by atoms with E-state index < -0.39 is 0 Å². The van der Waals surface area contributed by atoms with Gasteiger partial charge in [0.25, 0.3) is 0 Å². The second-order valence-electron chi connectivity index (χ2n) is 14.3. The zero-order valence-electron chi connectivity index (χ0n) is 29.7. The van der Waals surface area contributed by atoms with Gasteiger partial charge in [-0.3, -0.25) is 4.98 Å². The lowest BCUT2D eigenvalue weighted by molar-refractivity contribution is 0.889. The normalized spacial score (nSPS) is 12.6. The highest BCUT2D eigenvalue weighted by Gasteiger charge is 2.23. The lowest BCUT2D eigenvalue weighted by Gasteiger charge is -2.17. The minimum atomic E-state index is 1.01. The molecule has 3 heteroatoms. The van der Waals surface area contributed by atoms with Crippen LogP contribution in [0.2, 0.25) is 0 Å². The van der Waals surface area contributed by atoms with Gasteiger partial charge < -0.3 is 9.13 Å². The van der Waals surface area contributed by atoms with Crippen molar-refractivity contribution in [3.8, 4) is 44.8 Å². The monoisotopic (exact) mass is 689 g/mol. The Morgan fingerprint density at radius 2 is 1.06 bits per heavy atom. The van der Waals surface area contributed by atoms with Gasteiger partial charge in [0, 0.05) is 67.7 Å². The van der Waals surface area contributed by atoms with E-state index in [-0.39, 0.29) is 0 Å². The zero-order valence-corrected chi connectivity index (χ0v) is 29.7. The van der Waals surface area contributed by atoms with Crippen molar-refractivity contribution >= 4 is 49.6 Å². The molecule has 1 aliphatic carbocycles. The van der Waals surface area contributed by atoms with Crippen molar-refractivity contribution < 1.29 is 0 Å². The van der Waals surface area contributed by atoms with Crippen LogP contribution in [-0.2, 0) is 6.42 Å². The fourth-order valence-corrected chi connectivity index (χ4v) is 8.92. The molecule has 0 spiro atoms. The van der Waals surface area contributed by atoms with Gasteiger partial charge in [0.2, 0.25) is 0 Å². The van der Waals surface area contributed by atoms with E-state index in [0.29, 0.717) is 0 Å². The maximum absolute atomic E-state index is 4.58. The van der Waals surface area contributed by atoms with E-state index in [1.165, 1.54) is 88.4 Å². The standard InChI is InChI=1S/C51H35N3/c1-3-15-38(16-4-1)53-48-26-9-7-19-43(48)45-24-12-22-41(50(45)53)36-30-35(40-21-11-14-34-28-29-52-33-47(34)40)31-37(32-36)42-23-13-25-46-44-20-8-10-27-49(44)54(51(42)46)39-17-5-2-6-18-39/h1-9,11-26,28-33H,10,27H2. The predicted molar refractivity (Wildman–Crippen MR) is 227 cm³/mol. The first-order valence-corrected chi connectivity index (χ1v) is 18.8. The molecular formula is C51H35N3. The summed E-state index contributed by atoms with van der Waals surface area (Å²) in [6.45, 7) is 0. The Hall–Kier alpha value is -6.97. The minimum Gasteiger partial charge on any atom is -0.312 e. The molecule has 0 atom stereocenters. The molecule has 0 saturated heterocycles. The van der Waals surface area contributed by atoms with E-state index >= 15 is 0 Å². The van der Waals surface area contributed by atoms with Crippen molar-refractivity contribution in [3.63, 3.8) is 0 Å². The van der Waals surface area contributed by atoms with Gasteiger partial charge in [0.05, 0.1) is 16.6 Å². The number of hydrogen-bond acceptors (Lipinski definition) is 1. The largest absolute Gasteiger partial charge is 0.312 e. The fourth-order valence-electron chi connectivity index (χ4n) is 8.92. The van der Waals surface area contributed by atoms with Crippen molar-refractivity contribution in [2.45, 2.75) is 12.8 Å². The molecule has 11 rings (SSSR count). The molecule has 0 fully saturated rings. The van der Waals surface area contributed by atoms with Crippen LogP contribution in [0.3, 0.4) is 0 Å². The lowest BCUT2D eigenvalue weighted by Crippen LogP contribution is -2.03. The predicted octanol–water partition coefficient (Wildman–Crippen LogP) is 13.2. The van der Waals surface area contributed by atoms with Gasteiger partial charge >= 0.3 is 0 Å². The summed E-state index contributed by atoms with van der Waals surface area (Å²) in [7, 11) is 0. The van der Waals surface area contributed by atoms with Gasteiger partial charge in [0.15, 0.2) is 0 Å². The van der Waals surface area contributed by atoms with Gasteiger partial charge in [-0.25, -0.2) is 0 Å². The van der Waals surface area contributed by atoms with E-state index in [2.05, 4.69) is 190 Å². The molecule has 254 valence electrons. The second-order valence-corrected chi connectivity index (χ2v) is 14.3. The van der Waals surface area contributed by atoms with Crippen LogP contribution in [0.15, 0.2) is 182 Å². The van der Waals surface area contributed by atoms with Crippen LogP contribution in [0.1, 0.15) is 17.7 Å². The molecule has 7 aromatic carbocycles. The third-order valence-electron chi connectivity index (χ3n) is 11.2. The topological polar surface area (TPSA) is 22.8 Å². The first-order chi connectivity index (χ1) is 26.8. The van der Waals surface area contributed by atoms with Gasteiger partial charge in [-0.2, -0.15) is 0 Å². The summed E-state index contributed by atoms with van der Waals surface area (Å²) in [4.78, 5) is 4.58. The van der Waals surface area contributed by atoms with Gasteiger partial charge in [-0.15, -0.1) is 0 Å². The van der Waals surface area contributed by atoms with Crippen LogP contribution in [-0.4, -0.2) is 14.1 Å². The van der Waals surface area contributed by atoms with Crippen LogP contribution < -0.4 is 0 Å². The summed E-state index contributed by atoms with van der Waals surface area (Å²) in [5.74, 6) is 0. The summed E-state index contributed by atoms with van der Waals surface area (Å²) in [6, 6.07) is 59.9. The second kappa shape index (κ2) is 12.3. The summed E-state index contributed by atoms with van der Waals surface area (Å²) in [5.41, 5.74) is 15.8. The van der Waals surface area contributed by atoms with Gasteiger partial charge in [-0.1, -0.05) is 121 Å². The molecule has 0 unspecified atom stereocenters. The van der Waals surface area contributed by atoms with E-state index in [1.54, 1.807) is 0 Å². The number of hydrogen-bond donors (Lipinski definition) is 0. The average Bonchev–Trinajstić information content (AvgIpc) is 3.77. The van der Waals surface area contributed by atoms with Crippen LogP contribution in [0.25, 0.3) is 94.3 Å². The first-order valence-electron chi connectivity index (χ1n) is 18.8. The van der Waals surface area contributed by atoms with E-state index in [1.807, 2.05) is 12.4 Å². The molecule has 0 bridgehead atoms. The summed E-state index contributed by atoms with van der Waals surface area (Å²) in [5, 5.41) is 6.10. The van der Waals surface area contributed by atoms with Crippen LogP contribution in [0, 0.1) is 0 Å². The van der Waals surface area contributed by atoms with Gasteiger partial charge in [-0.05, 0) is 95.1 Å². The number of para-hydroxylation sites is 5. The molecule has 54 heavy (non-hydrogen) atoms. The number of fused-ring (bicyclic) bond motifs is 7. The number of benzene rings is 7. The van der Waals surface area contributed by atoms with E-state index in [9.17, 15) is 0 Å². The molecule has 0 aliphatic heterocycles. The SMILES string of the molecule is C1=Cc2c(n(-c3ccccc3)c3c(-c4cc(-c5cccc6ccncc56)cc(-c5cccc6c7ccccc7n(-c7ccccc7)c56)c4)cccc23)CC1. The number of allylic oxidation sites excluding steroid dienone is 1. The zero-order chi connectivity index (χ0) is 35.6. The van der Waals surface area contributed by atoms with Crippen molar-refractivity contribution in [1.29, 1.82) is 0 Å². The number of nitrogens with zero attached hydrogens (tertiary/aromatic N) is 3. The molecule has 3 heterocycles. The average molecular weight is 690 g/mol. The quantitative estimate of drug-likeness (QED) is 0.176. The molecule has 3 aromatic heterocycles. The Kier molecular flexibility index (Phi) is 6.99.